The molecular formula is C28H38N2O6. The maximum absolute atomic E-state index is 13.4. The maximum Gasteiger partial charge on any atom is 0.416 e. The fourth-order valence-corrected chi connectivity index (χ4v) is 7.41. The van der Waals surface area contributed by atoms with Crippen LogP contribution in [0.25, 0.3) is 0 Å². The number of ketones is 1. The summed E-state index contributed by atoms with van der Waals surface area (Å²) in [5, 5.41) is 13.7. The van der Waals surface area contributed by atoms with Gasteiger partial charge in [-0.05, 0) is 60.6 Å². The van der Waals surface area contributed by atoms with Crippen LogP contribution in [0.5, 0.6) is 0 Å². The van der Waals surface area contributed by atoms with Crippen LogP contribution in [0.3, 0.4) is 0 Å². The third kappa shape index (κ3) is 4.23. The first-order chi connectivity index (χ1) is 17.0. The zero-order chi connectivity index (χ0) is 26.3. The van der Waals surface area contributed by atoms with E-state index in [0.29, 0.717) is 12.8 Å². The van der Waals surface area contributed by atoms with Crippen molar-refractivity contribution in [1.29, 1.82) is 0 Å². The number of aliphatic hydroxyl groups excluding tert-OH is 1. The minimum Gasteiger partial charge on any atom is -0.445 e. The average molecular weight is 499 g/mol. The lowest BCUT2D eigenvalue weighted by Crippen LogP contribution is -2.63. The van der Waals surface area contributed by atoms with Gasteiger partial charge in [-0.3, -0.25) is 9.78 Å². The van der Waals surface area contributed by atoms with Crippen molar-refractivity contribution >= 4 is 18.0 Å². The van der Waals surface area contributed by atoms with Gasteiger partial charge in [0.1, 0.15) is 18.5 Å². The number of hydrogen-bond acceptors (Lipinski definition) is 7. The van der Waals surface area contributed by atoms with Gasteiger partial charge in [-0.15, -0.1) is 6.58 Å². The molecule has 3 fully saturated rings. The van der Waals surface area contributed by atoms with Crippen LogP contribution < -0.4 is 5.32 Å². The van der Waals surface area contributed by atoms with E-state index < -0.39 is 35.2 Å². The number of Topliss-reactive ketones (excluding diaryl/α,β-unsaturated/α-hetero) is 1. The summed E-state index contributed by atoms with van der Waals surface area (Å²) in [5.74, 6) is -0.160. The van der Waals surface area contributed by atoms with E-state index in [-0.39, 0.29) is 35.6 Å². The topological polar surface area (TPSA) is 115 Å². The molecule has 8 nitrogen and oxygen atoms in total. The summed E-state index contributed by atoms with van der Waals surface area (Å²) < 4.78 is 11.1. The fourth-order valence-electron chi connectivity index (χ4n) is 7.41. The van der Waals surface area contributed by atoms with E-state index in [1.807, 2.05) is 13.8 Å². The normalized spacial score (nSPS) is 39.8. The van der Waals surface area contributed by atoms with Gasteiger partial charge in [-0.2, -0.15) is 0 Å². The first kappa shape index (κ1) is 26.3. The molecule has 4 rings (SSSR count). The number of amides is 2. The summed E-state index contributed by atoms with van der Waals surface area (Å²) >= 11 is 0. The number of pyridine rings is 1. The predicted octanol–water partition coefficient (Wildman–Crippen LogP) is 4.81. The van der Waals surface area contributed by atoms with Crippen LogP contribution >= 0.6 is 0 Å². The highest BCUT2D eigenvalue weighted by Crippen LogP contribution is 2.67. The lowest BCUT2D eigenvalue weighted by atomic mass is 9.44. The molecule has 0 aromatic carbocycles. The molecule has 0 radical (unpaired) electrons. The summed E-state index contributed by atoms with van der Waals surface area (Å²) in [7, 11) is 0. The first-order valence-electron chi connectivity index (χ1n) is 12.9. The van der Waals surface area contributed by atoms with Gasteiger partial charge in [0.15, 0.2) is 0 Å². The smallest absolute Gasteiger partial charge is 0.416 e. The molecule has 0 spiro atoms. The van der Waals surface area contributed by atoms with Gasteiger partial charge in [-0.1, -0.05) is 33.8 Å². The van der Waals surface area contributed by atoms with Crippen molar-refractivity contribution in [3.8, 4) is 0 Å². The number of aromatic nitrogens is 1. The SMILES string of the molecule is C=C[C@]1(C)C[C@@H](OC(=O)NC(=O)OCc2ccncc2)[C@@]2(C)C(C)CC[C@]3(CCC(=O)[C@H]32)[C@@H](C)[C@@H]1O. The molecule has 8 atom stereocenters. The number of alkyl carbamates (subject to hydrolysis) is 2. The van der Waals surface area contributed by atoms with Crippen molar-refractivity contribution in [2.45, 2.75) is 78.6 Å². The number of imide groups is 1. The summed E-state index contributed by atoms with van der Waals surface area (Å²) in [4.78, 5) is 42.6. The number of carbonyl (C=O) groups excluding carboxylic acids is 3. The highest BCUT2D eigenvalue weighted by Gasteiger charge is 2.68. The first-order valence-corrected chi connectivity index (χ1v) is 12.9. The number of ether oxygens (including phenoxy) is 2. The Morgan fingerprint density at radius 1 is 1.22 bits per heavy atom. The summed E-state index contributed by atoms with van der Waals surface area (Å²) in [6.45, 7) is 12.1. The Morgan fingerprint density at radius 3 is 2.58 bits per heavy atom. The fraction of sp³-hybridized carbons (Fsp3) is 0.643. The van der Waals surface area contributed by atoms with Gasteiger partial charge in [0.25, 0.3) is 0 Å². The van der Waals surface area contributed by atoms with Crippen molar-refractivity contribution in [3.05, 3.63) is 42.7 Å². The molecule has 2 bridgehead atoms. The van der Waals surface area contributed by atoms with Crippen molar-refractivity contribution in [3.63, 3.8) is 0 Å². The van der Waals surface area contributed by atoms with E-state index in [1.165, 1.54) is 0 Å². The molecule has 3 aliphatic rings. The molecule has 3 aliphatic carbocycles. The molecule has 0 saturated heterocycles. The quantitative estimate of drug-likeness (QED) is 0.573. The Hall–Kier alpha value is -2.74. The maximum atomic E-state index is 13.4. The van der Waals surface area contributed by atoms with Gasteiger partial charge in [0.05, 0.1) is 6.10 Å². The van der Waals surface area contributed by atoms with Crippen LogP contribution in [-0.2, 0) is 20.9 Å². The second-order valence-corrected chi connectivity index (χ2v) is 11.5. The molecule has 1 unspecified atom stereocenters. The zero-order valence-corrected chi connectivity index (χ0v) is 21.7. The van der Waals surface area contributed by atoms with Crippen molar-refractivity contribution in [2.24, 2.45) is 34.0 Å². The minimum atomic E-state index is -0.927. The van der Waals surface area contributed by atoms with Crippen molar-refractivity contribution in [2.75, 3.05) is 0 Å². The van der Waals surface area contributed by atoms with Gasteiger partial charge < -0.3 is 14.6 Å². The second kappa shape index (κ2) is 9.61. The van der Waals surface area contributed by atoms with E-state index in [1.54, 1.807) is 30.6 Å². The van der Waals surface area contributed by atoms with Crippen LogP contribution in [0.1, 0.15) is 65.4 Å². The lowest BCUT2D eigenvalue weighted by Gasteiger charge is -2.61. The van der Waals surface area contributed by atoms with Crippen LogP contribution in [0, 0.1) is 34.0 Å². The summed E-state index contributed by atoms with van der Waals surface area (Å²) in [5.41, 5.74) is -1.01. The van der Waals surface area contributed by atoms with Crippen LogP contribution in [0.2, 0.25) is 0 Å². The summed E-state index contributed by atoms with van der Waals surface area (Å²) in [6.07, 6.45) is 4.82. The Labute approximate surface area is 212 Å². The van der Waals surface area contributed by atoms with Crippen molar-refractivity contribution in [1.82, 2.24) is 10.3 Å². The molecule has 0 aliphatic heterocycles. The number of nitrogens with zero attached hydrogens (tertiary/aromatic N) is 1. The number of aliphatic hydroxyl groups is 1. The Balaban J connectivity index is 1.60. The molecule has 2 N–H and O–H groups in total. The van der Waals surface area contributed by atoms with Crippen LogP contribution in [0.15, 0.2) is 37.2 Å². The molecule has 2 amide bonds. The Bertz CT molecular complexity index is 1030. The number of carbonyl (C=O) groups is 3. The molecule has 1 aromatic heterocycles. The monoisotopic (exact) mass is 498 g/mol. The van der Waals surface area contributed by atoms with E-state index in [2.05, 4.69) is 30.7 Å². The van der Waals surface area contributed by atoms with Crippen LogP contribution in [0.4, 0.5) is 9.59 Å². The van der Waals surface area contributed by atoms with Gasteiger partial charge in [0.2, 0.25) is 0 Å². The second-order valence-electron chi connectivity index (χ2n) is 11.5. The highest BCUT2D eigenvalue weighted by molar-refractivity contribution is 5.88. The van der Waals surface area contributed by atoms with Gasteiger partial charge >= 0.3 is 12.2 Å². The minimum absolute atomic E-state index is 0.0163. The van der Waals surface area contributed by atoms with Gasteiger partial charge in [-0.25, -0.2) is 14.9 Å². The standard InChI is InChI=1S/C28H38N2O6/c1-6-26(4)15-21(36-25(34)30-24(33)35-16-19-9-13-29-14-10-19)27(5)17(2)7-11-28(18(3)23(26)32)12-8-20(31)22(27)28/h6,9-10,13-14,17-18,21-23,32H,1,7-8,11-12,15-16H2,2-5H3,(H,30,33,34)/t17?,18-,21+,22-,23-,26+,27+,28-/m0/s1. The molecule has 8 heteroatoms. The molecule has 3 saturated carbocycles. The molecule has 1 heterocycles. The number of nitrogens with one attached hydrogen (secondary N) is 1. The molecule has 1 aromatic rings. The predicted molar refractivity (Wildman–Crippen MR) is 133 cm³/mol. The zero-order valence-electron chi connectivity index (χ0n) is 21.7. The molecule has 196 valence electrons. The average Bonchev–Trinajstić information content (AvgIpc) is 3.22. The Morgan fingerprint density at radius 2 is 1.92 bits per heavy atom. The number of hydrogen-bond donors (Lipinski definition) is 2. The van der Waals surface area contributed by atoms with Crippen molar-refractivity contribution < 1.29 is 29.0 Å². The Kier molecular flexibility index (Phi) is 7.03. The van der Waals surface area contributed by atoms with Crippen LogP contribution in [-0.4, -0.2) is 40.3 Å². The third-order valence-electron chi connectivity index (χ3n) is 9.87. The van der Waals surface area contributed by atoms with E-state index in [4.69, 9.17) is 9.47 Å². The lowest BCUT2D eigenvalue weighted by molar-refractivity contribution is -0.191. The largest absolute Gasteiger partial charge is 0.445 e. The molecule has 36 heavy (non-hydrogen) atoms. The van der Waals surface area contributed by atoms with E-state index >= 15 is 0 Å². The molecular weight excluding hydrogens is 460 g/mol. The summed E-state index contributed by atoms with van der Waals surface area (Å²) in [6, 6.07) is 3.41. The third-order valence-corrected chi connectivity index (χ3v) is 9.87. The van der Waals surface area contributed by atoms with E-state index in [9.17, 15) is 19.5 Å². The number of rotatable bonds is 4. The van der Waals surface area contributed by atoms with E-state index in [0.717, 1.165) is 24.8 Å². The van der Waals surface area contributed by atoms with Gasteiger partial charge in [0, 0.05) is 35.6 Å². The highest BCUT2D eigenvalue weighted by atomic mass is 16.6.